The van der Waals surface area contributed by atoms with E-state index in [1.165, 1.54) is 0 Å². The highest BCUT2D eigenvalue weighted by molar-refractivity contribution is 5.76. The predicted octanol–water partition coefficient (Wildman–Crippen LogP) is 1.88. The molecule has 1 aromatic rings. The zero-order valence-corrected chi connectivity index (χ0v) is 14.3. The largest absolute Gasteiger partial charge is 0.454 e. The third-order valence-electron chi connectivity index (χ3n) is 4.42. The van der Waals surface area contributed by atoms with E-state index in [1.54, 1.807) is 0 Å². The lowest BCUT2D eigenvalue weighted by atomic mass is 10.1. The van der Waals surface area contributed by atoms with Gasteiger partial charge in [-0.05, 0) is 24.1 Å². The van der Waals surface area contributed by atoms with Crippen LogP contribution in [-0.4, -0.2) is 61.9 Å². The fraction of sp³-hybridized carbons (Fsp3) is 0.611. The molecular formula is C18H26N2O4. The van der Waals surface area contributed by atoms with Crippen LogP contribution in [0, 0.1) is 0 Å². The van der Waals surface area contributed by atoms with E-state index in [9.17, 15) is 4.79 Å². The molecule has 0 atom stereocenters. The fourth-order valence-electron chi connectivity index (χ4n) is 3.01. The van der Waals surface area contributed by atoms with Crippen LogP contribution < -0.4 is 9.47 Å². The van der Waals surface area contributed by atoms with Crippen molar-refractivity contribution in [2.24, 2.45) is 0 Å². The number of fused-ring (bicyclic) bond motifs is 1. The van der Waals surface area contributed by atoms with Gasteiger partial charge in [-0.3, -0.25) is 9.69 Å². The summed E-state index contributed by atoms with van der Waals surface area (Å²) in [6, 6.07) is 5.90. The van der Waals surface area contributed by atoms with E-state index in [0.717, 1.165) is 62.9 Å². The van der Waals surface area contributed by atoms with Crippen molar-refractivity contribution in [2.75, 3.05) is 46.2 Å². The molecule has 0 saturated carbocycles. The first-order chi connectivity index (χ1) is 11.8. The number of ether oxygens (including phenoxy) is 3. The monoisotopic (exact) mass is 334 g/mol. The zero-order chi connectivity index (χ0) is 16.8. The highest BCUT2D eigenvalue weighted by Gasteiger charge is 2.18. The molecule has 2 heterocycles. The Bertz CT molecular complexity index is 558. The molecule has 2 aliphatic rings. The van der Waals surface area contributed by atoms with Crippen LogP contribution in [0.1, 0.15) is 25.3 Å². The van der Waals surface area contributed by atoms with Crippen LogP contribution >= 0.6 is 0 Å². The van der Waals surface area contributed by atoms with Gasteiger partial charge in [0.25, 0.3) is 0 Å². The second-order valence-electron chi connectivity index (χ2n) is 6.21. The second kappa shape index (κ2) is 8.35. The van der Waals surface area contributed by atoms with Crippen molar-refractivity contribution in [2.45, 2.75) is 26.3 Å². The number of hydrogen-bond donors (Lipinski definition) is 0. The summed E-state index contributed by atoms with van der Waals surface area (Å²) in [6.45, 7) is 8.01. The third-order valence-corrected chi connectivity index (χ3v) is 4.42. The van der Waals surface area contributed by atoms with Crippen molar-refractivity contribution < 1.29 is 19.0 Å². The molecule has 2 aliphatic heterocycles. The Balaban J connectivity index is 1.61. The molecule has 0 radical (unpaired) electrons. The van der Waals surface area contributed by atoms with E-state index in [2.05, 4.69) is 4.90 Å². The fourth-order valence-corrected chi connectivity index (χ4v) is 3.01. The minimum absolute atomic E-state index is 0.212. The van der Waals surface area contributed by atoms with Crippen molar-refractivity contribution in [3.63, 3.8) is 0 Å². The minimum atomic E-state index is 0.212. The van der Waals surface area contributed by atoms with Crippen molar-refractivity contribution in [3.05, 3.63) is 23.8 Å². The Kier molecular flexibility index (Phi) is 5.93. The van der Waals surface area contributed by atoms with Crippen LogP contribution in [0.15, 0.2) is 18.2 Å². The van der Waals surface area contributed by atoms with Gasteiger partial charge in [0.2, 0.25) is 12.7 Å². The summed E-state index contributed by atoms with van der Waals surface area (Å²) in [7, 11) is 0. The highest BCUT2D eigenvalue weighted by Crippen LogP contribution is 2.32. The maximum absolute atomic E-state index is 12.5. The lowest BCUT2D eigenvalue weighted by molar-refractivity contribution is -0.132. The van der Waals surface area contributed by atoms with Crippen molar-refractivity contribution in [3.8, 4) is 11.5 Å². The number of amides is 1. The van der Waals surface area contributed by atoms with Gasteiger partial charge in [-0.1, -0.05) is 13.0 Å². The number of carbonyl (C=O) groups excluding carboxylic acids is 1. The van der Waals surface area contributed by atoms with E-state index in [-0.39, 0.29) is 12.7 Å². The van der Waals surface area contributed by atoms with E-state index in [0.29, 0.717) is 13.0 Å². The van der Waals surface area contributed by atoms with Crippen molar-refractivity contribution in [1.29, 1.82) is 0 Å². The van der Waals surface area contributed by atoms with Crippen LogP contribution in [0.2, 0.25) is 0 Å². The molecular weight excluding hydrogens is 308 g/mol. The molecule has 1 saturated heterocycles. The van der Waals surface area contributed by atoms with Gasteiger partial charge < -0.3 is 19.1 Å². The number of benzene rings is 1. The van der Waals surface area contributed by atoms with Gasteiger partial charge in [0.15, 0.2) is 11.5 Å². The smallest absolute Gasteiger partial charge is 0.231 e. The summed E-state index contributed by atoms with van der Waals surface area (Å²) < 4.78 is 16.2. The summed E-state index contributed by atoms with van der Waals surface area (Å²) in [5, 5.41) is 0. The van der Waals surface area contributed by atoms with Crippen molar-refractivity contribution in [1.82, 2.24) is 9.80 Å². The van der Waals surface area contributed by atoms with Crippen LogP contribution in [-0.2, 0) is 16.1 Å². The molecule has 1 amide bonds. The van der Waals surface area contributed by atoms with Gasteiger partial charge in [-0.25, -0.2) is 0 Å². The predicted molar refractivity (Wildman–Crippen MR) is 90.1 cm³/mol. The first-order valence-electron chi connectivity index (χ1n) is 8.72. The zero-order valence-electron chi connectivity index (χ0n) is 14.3. The summed E-state index contributed by atoms with van der Waals surface area (Å²) in [5.41, 5.74) is 1.07. The molecule has 0 aromatic heterocycles. The number of hydrogen-bond acceptors (Lipinski definition) is 5. The molecule has 3 rings (SSSR count). The Labute approximate surface area is 143 Å². The van der Waals surface area contributed by atoms with E-state index in [4.69, 9.17) is 14.2 Å². The summed E-state index contributed by atoms with van der Waals surface area (Å²) in [6.07, 6.45) is 1.46. The quantitative estimate of drug-likeness (QED) is 0.762. The van der Waals surface area contributed by atoms with Crippen LogP contribution in [0.4, 0.5) is 0 Å². The van der Waals surface area contributed by atoms with Gasteiger partial charge in [0, 0.05) is 39.1 Å². The van der Waals surface area contributed by atoms with Gasteiger partial charge in [-0.15, -0.1) is 0 Å². The molecule has 0 unspecified atom stereocenters. The lowest BCUT2D eigenvalue weighted by Gasteiger charge is -2.30. The number of rotatable bonds is 7. The summed E-state index contributed by atoms with van der Waals surface area (Å²) in [4.78, 5) is 16.8. The van der Waals surface area contributed by atoms with Gasteiger partial charge in [0.1, 0.15) is 0 Å². The molecule has 0 bridgehead atoms. The summed E-state index contributed by atoms with van der Waals surface area (Å²) in [5.74, 6) is 1.76. The molecule has 1 fully saturated rings. The minimum Gasteiger partial charge on any atom is -0.454 e. The van der Waals surface area contributed by atoms with Crippen LogP contribution in [0.5, 0.6) is 11.5 Å². The van der Waals surface area contributed by atoms with E-state index in [1.807, 2.05) is 30.0 Å². The van der Waals surface area contributed by atoms with Gasteiger partial charge in [0.05, 0.1) is 13.2 Å². The van der Waals surface area contributed by atoms with Crippen molar-refractivity contribution >= 4 is 5.91 Å². The molecule has 24 heavy (non-hydrogen) atoms. The Hall–Kier alpha value is -1.79. The third kappa shape index (κ3) is 4.39. The SMILES string of the molecule is CCCC(=O)N(CCN1CCOCC1)Cc1ccc2c(c1)OCO2. The average Bonchev–Trinajstić information content (AvgIpc) is 3.07. The Morgan fingerprint density at radius 1 is 1.21 bits per heavy atom. The average molecular weight is 334 g/mol. The molecule has 0 aliphatic carbocycles. The Morgan fingerprint density at radius 3 is 2.79 bits per heavy atom. The standard InChI is InChI=1S/C18H26N2O4/c1-2-3-18(21)20(7-6-19-8-10-22-11-9-19)13-15-4-5-16-17(12-15)24-14-23-16/h4-5,12H,2-3,6-11,13-14H2,1H3. The molecule has 0 spiro atoms. The highest BCUT2D eigenvalue weighted by atomic mass is 16.7. The molecule has 0 N–H and O–H groups in total. The van der Waals surface area contributed by atoms with Crippen LogP contribution in [0.3, 0.4) is 0 Å². The molecule has 132 valence electrons. The molecule has 1 aromatic carbocycles. The first kappa shape index (κ1) is 17.0. The maximum Gasteiger partial charge on any atom is 0.231 e. The normalized spacial score (nSPS) is 17.0. The van der Waals surface area contributed by atoms with Gasteiger partial charge >= 0.3 is 0 Å². The number of carbonyl (C=O) groups is 1. The van der Waals surface area contributed by atoms with E-state index >= 15 is 0 Å². The van der Waals surface area contributed by atoms with Gasteiger partial charge in [-0.2, -0.15) is 0 Å². The number of nitrogens with zero attached hydrogens (tertiary/aromatic N) is 2. The number of morpholine rings is 1. The lowest BCUT2D eigenvalue weighted by Crippen LogP contribution is -2.42. The molecule has 6 nitrogen and oxygen atoms in total. The first-order valence-corrected chi connectivity index (χ1v) is 8.72. The second-order valence-corrected chi connectivity index (χ2v) is 6.21. The molecule has 6 heteroatoms. The van der Waals surface area contributed by atoms with Crippen LogP contribution in [0.25, 0.3) is 0 Å². The maximum atomic E-state index is 12.5. The Morgan fingerprint density at radius 2 is 2.00 bits per heavy atom. The van der Waals surface area contributed by atoms with E-state index < -0.39 is 0 Å². The topological polar surface area (TPSA) is 51.2 Å². The summed E-state index contributed by atoms with van der Waals surface area (Å²) >= 11 is 0.